The van der Waals surface area contributed by atoms with Crippen molar-refractivity contribution in [3.8, 4) is 0 Å². The number of hydrogen-bond acceptors (Lipinski definition) is 6. The van der Waals surface area contributed by atoms with Crippen LogP contribution in [0, 0.1) is 19.7 Å². The molecule has 3 heterocycles. The maximum Gasteiger partial charge on any atom is 0.131 e. The lowest BCUT2D eigenvalue weighted by Crippen LogP contribution is -2.55. The van der Waals surface area contributed by atoms with Gasteiger partial charge < -0.3 is 16.0 Å². The van der Waals surface area contributed by atoms with Crippen LogP contribution in [0.4, 0.5) is 21.5 Å². The number of nitrogens with one attached hydrogen (secondary N) is 1. The molecule has 2 fully saturated rings. The molecule has 2 aliphatic heterocycles. The highest BCUT2D eigenvalue weighted by molar-refractivity contribution is 5.94. The Labute approximate surface area is 207 Å². The fourth-order valence-corrected chi connectivity index (χ4v) is 5.51. The molecule has 2 saturated heterocycles. The molecule has 6 nitrogen and oxygen atoms in total. The van der Waals surface area contributed by atoms with Gasteiger partial charge in [-0.1, -0.05) is 6.42 Å². The second-order valence-electron chi connectivity index (χ2n) is 10.1. The largest absolute Gasteiger partial charge is 0.399 e. The van der Waals surface area contributed by atoms with Crippen LogP contribution < -0.4 is 16.0 Å². The molecule has 5 rings (SSSR count). The van der Waals surface area contributed by atoms with Gasteiger partial charge in [0.05, 0.1) is 11.6 Å². The lowest BCUT2D eigenvalue weighted by Gasteiger charge is -2.43. The monoisotopic (exact) mass is 476 g/mol. The van der Waals surface area contributed by atoms with Crippen LogP contribution in [-0.2, 0) is 0 Å². The molecule has 35 heavy (non-hydrogen) atoms. The Bertz CT molecular complexity index is 1200. The first-order valence-electron chi connectivity index (χ1n) is 12.9. The number of nitrogens with zero attached hydrogens (tertiary/aromatic N) is 4. The molecule has 1 aromatic heterocycles. The molecule has 0 spiro atoms. The molecule has 1 atom stereocenters. The summed E-state index contributed by atoms with van der Waals surface area (Å²) in [6, 6.07) is 11.7. The number of halogens is 1. The number of anilines is 3. The first kappa shape index (κ1) is 23.8. The second kappa shape index (κ2) is 9.99. The first-order chi connectivity index (χ1) is 16.9. The first-order valence-corrected chi connectivity index (χ1v) is 12.9. The number of rotatable bonds is 5. The molecule has 0 unspecified atom stereocenters. The summed E-state index contributed by atoms with van der Waals surface area (Å²) in [5.74, 6) is -0.207. The van der Waals surface area contributed by atoms with Gasteiger partial charge in [0.2, 0.25) is 0 Å². The van der Waals surface area contributed by atoms with Crippen molar-refractivity contribution in [1.29, 1.82) is 0 Å². The number of nitrogens with two attached hydrogens (primary N) is 1. The number of pyridine rings is 1. The summed E-state index contributed by atoms with van der Waals surface area (Å²) >= 11 is 0. The van der Waals surface area contributed by atoms with Crippen molar-refractivity contribution >= 4 is 28.0 Å². The normalized spacial score (nSPS) is 18.7. The number of hydrogen-bond donors (Lipinski definition) is 2. The van der Waals surface area contributed by atoms with Crippen LogP contribution >= 0.6 is 0 Å². The lowest BCUT2D eigenvalue weighted by atomic mass is 10.0. The highest BCUT2D eigenvalue weighted by Crippen LogP contribution is 2.32. The fraction of sp³-hybridized carbons (Fsp3) is 0.464. The standard InChI is InChI=1S/C28H37FN6/c1-19-15-22(30)17-24(28(19)29)21(3)32-27-16-20(2)31-26-8-7-23(18-25(26)27)33-11-13-35(14-12-33)34-9-5-4-6-10-34/h7-8,15-18,21H,4-6,9-14,30H2,1-3H3,(H,31,32)/t21-/m1/s1. The Morgan fingerprint density at radius 2 is 1.63 bits per heavy atom. The third kappa shape index (κ3) is 5.07. The molecule has 186 valence electrons. The van der Waals surface area contributed by atoms with Gasteiger partial charge in [-0.3, -0.25) is 4.98 Å². The van der Waals surface area contributed by atoms with Crippen molar-refractivity contribution in [1.82, 2.24) is 15.0 Å². The van der Waals surface area contributed by atoms with Gasteiger partial charge in [0.25, 0.3) is 0 Å². The van der Waals surface area contributed by atoms with E-state index in [4.69, 9.17) is 10.7 Å². The maximum atomic E-state index is 14.9. The Hall–Kier alpha value is -2.90. The third-order valence-electron chi connectivity index (χ3n) is 7.42. The topological polar surface area (TPSA) is 60.7 Å². The SMILES string of the molecule is Cc1cc(N[C@H](C)c2cc(N)cc(C)c2F)c2cc(N3CCN(N4CCCCC4)CC3)ccc2n1. The highest BCUT2D eigenvalue weighted by Gasteiger charge is 2.24. The van der Waals surface area contributed by atoms with E-state index >= 15 is 0 Å². The van der Waals surface area contributed by atoms with Gasteiger partial charge in [0.1, 0.15) is 5.82 Å². The molecule has 0 aliphatic carbocycles. The molecular weight excluding hydrogens is 439 g/mol. The second-order valence-corrected chi connectivity index (χ2v) is 10.1. The van der Waals surface area contributed by atoms with E-state index < -0.39 is 0 Å². The Morgan fingerprint density at radius 1 is 0.914 bits per heavy atom. The number of piperazine rings is 1. The zero-order chi connectivity index (χ0) is 24.5. The van der Waals surface area contributed by atoms with E-state index in [9.17, 15) is 4.39 Å². The smallest absolute Gasteiger partial charge is 0.131 e. The Kier molecular flexibility index (Phi) is 6.80. The third-order valence-corrected chi connectivity index (χ3v) is 7.42. The Morgan fingerprint density at radius 3 is 2.37 bits per heavy atom. The summed E-state index contributed by atoms with van der Waals surface area (Å²) in [5.41, 5.74) is 11.8. The minimum absolute atomic E-state index is 0.207. The van der Waals surface area contributed by atoms with Crippen LogP contribution in [0.2, 0.25) is 0 Å². The predicted molar refractivity (Wildman–Crippen MR) is 143 cm³/mol. The lowest BCUT2D eigenvalue weighted by molar-refractivity contribution is -0.0427. The zero-order valence-electron chi connectivity index (χ0n) is 21.1. The van der Waals surface area contributed by atoms with Crippen LogP contribution in [0.3, 0.4) is 0 Å². The number of piperidine rings is 1. The Balaban J connectivity index is 1.38. The molecule has 3 aromatic rings. The summed E-state index contributed by atoms with van der Waals surface area (Å²) in [6.07, 6.45) is 3.98. The van der Waals surface area contributed by atoms with Crippen LogP contribution in [0.25, 0.3) is 10.9 Å². The molecule has 0 saturated carbocycles. The molecule has 2 aromatic carbocycles. The summed E-state index contributed by atoms with van der Waals surface area (Å²) < 4.78 is 14.9. The molecule has 0 bridgehead atoms. The zero-order valence-corrected chi connectivity index (χ0v) is 21.1. The van der Waals surface area contributed by atoms with E-state index in [0.29, 0.717) is 16.8 Å². The fourth-order valence-electron chi connectivity index (χ4n) is 5.51. The van der Waals surface area contributed by atoms with Crippen molar-refractivity contribution in [3.05, 3.63) is 59.0 Å². The number of benzene rings is 2. The molecule has 7 heteroatoms. The van der Waals surface area contributed by atoms with E-state index in [1.807, 2.05) is 19.9 Å². The van der Waals surface area contributed by atoms with Crippen LogP contribution in [0.15, 0.2) is 36.4 Å². The number of aromatic nitrogens is 1. The average molecular weight is 477 g/mol. The van der Waals surface area contributed by atoms with Gasteiger partial charge >= 0.3 is 0 Å². The van der Waals surface area contributed by atoms with Gasteiger partial charge in [-0.05, 0) is 75.6 Å². The van der Waals surface area contributed by atoms with Gasteiger partial charge in [0.15, 0.2) is 0 Å². The number of aryl methyl sites for hydroxylation is 2. The van der Waals surface area contributed by atoms with Crippen molar-refractivity contribution < 1.29 is 4.39 Å². The molecule has 0 amide bonds. The van der Waals surface area contributed by atoms with E-state index in [1.54, 1.807) is 19.1 Å². The molecule has 3 N–H and O–H groups in total. The maximum absolute atomic E-state index is 14.9. The molecule has 0 radical (unpaired) electrons. The summed E-state index contributed by atoms with van der Waals surface area (Å²) in [4.78, 5) is 7.22. The van der Waals surface area contributed by atoms with E-state index in [0.717, 1.165) is 48.5 Å². The minimum Gasteiger partial charge on any atom is -0.399 e. The highest BCUT2D eigenvalue weighted by atomic mass is 19.1. The summed E-state index contributed by atoms with van der Waals surface area (Å²) in [6.45, 7) is 12.2. The number of nitrogen functional groups attached to an aromatic ring is 1. The van der Waals surface area contributed by atoms with Crippen LogP contribution in [0.5, 0.6) is 0 Å². The van der Waals surface area contributed by atoms with Gasteiger partial charge in [-0.15, -0.1) is 0 Å². The summed E-state index contributed by atoms with van der Waals surface area (Å²) in [7, 11) is 0. The van der Waals surface area contributed by atoms with E-state index in [2.05, 4.69) is 38.4 Å². The van der Waals surface area contributed by atoms with Crippen molar-refractivity contribution in [2.75, 3.05) is 55.2 Å². The van der Waals surface area contributed by atoms with Crippen molar-refractivity contribution in [3.63, 3.8) is 0 Å². The number of hydrazine groups is 1. The van der Waals surface area contributed by atoms with Gasteiger partial charge in [-0.2, -0.15) is 0 Å². The van der Waals surface area contributed by atoms with Crippen LogP contribution in [-0.4, -0.2) is 54.3 Å². The van der Waals surface area contributed by atoms with Gasteiger partial charge in [-0.25, -0.2) is 14.4 Å². The van der Waals surface area contributed by atoms with E-state index in [-0.39, 0.29) is 11.9 Å². The molecule has 2 aliphatic rings. The van der Waals surface area contributed by atoms with Crippen molar-refractivity contribution in [2.45, 2.75) is 46.1 Å². The average Bonchev–Trinajstić information content (AvgIpc) is 2.86. The van der Waals surface area contributed by atoms with E-state index in [1.165, 1.54) is 38.0 Å². The predicted octanol–water partition coefficient (Wildman–Crippen LogP) is 5.27. The summed E-state index contributed by atoms with van der Waals surface area (Å²) in [5, 5.41) is 9.69. The van der Waals surface area contributed by atoms with Gasteiger partial charge in [0, 0.05) is 73.0 Å². The molecular formula is C28H37FN6. The van der Waals surface area contributed by atoms with Crippen LogP contribution in [0.1, 0.15) is 49.0 Å². The minimum atomic E-state index is -0.237. The quantitative estimate of drug-likeness (QED) is 0.489. The van der Waals surface area contributed by atoms with Crippen molar-refractivity contribution in [2.24, 2.45) is 0 Å². The number of fused-ring (bicyclic) bond motifs is 1.